The molecule has 0 aliphatic rings. The van der Waals surface area contributed by atoms with E-state index < -0.39 is 22.5 Å². The fourth-order valence-electron chi connectivity index (χ4n) is 3.63. The molecule has 0 saturated carbocycles. The molecule has 0 fully saturated rings. The van der Waals surface area contributed by atoms with Crippen LogP contribution in [0.25, 0.3) is 10.8 Å². The second-order valence-corrected chi connectivity index (χ2v) is 10.6. The molecule has 0 spiro atoms. The summed E-state index contributed by atoms with van der Waals surface area (Å²) in [5, 5.41) is 5.33. The van der Waals surface area contributed by atoms with E-state index in [1.54, 1.807) is 36.4 Å². The third kappa shape index (κ3) is 5.26. The quantitative estimate of drug-likeness (QED) is 0.316. The van der Waals surface area contributed by atoms with E-state index in [0.29, 0.717) is 21.3 Å². The lowest BCUT2D eigenvalue weighted by Gasteiger charge is -2.23. The monoisotopic (exact) mass is 512 g/mol. The summed E-state index contributed by atoms with van der Waals surface area (Å²) in [5.41, 5.74) is 1.96. The molecule has 0 saturated heterocycles. The van der Waals surface area contributed by atoms with Crippen molar-refractivity contribution >= 4 is 55.6 Å². The normalized spacial score (nSPS) is 11.6. The fraction of sp³-hybridized carbons (Fsp3) is 0.115. The zero-order valence-electron chi connectivity index (χ0n) is 18.3. The van der Waals surface area contributed by atoms with E-state index in [-0.39, 0.29) is 11.4 Å². The molecule has 0 aromatic heterocycles. The summed E-state index contributed by atoms with van der Waals surface area (Å²) in [5.74, 6) is -0.477. The Hall–Kier alpha value is -2.90. The lowest BCUT2D eigenvalue weighted by Crippen LogP contribution is -2.37. The van der Waals surface area contributed by atoms with Crippen molar-refractivity contribution in [2.45, 2.75) is 18.4 Å². The number of sulfonamides is 1. The number of nitrogens with zero attached hydrogens (tertiary/aromatic N) is 1. The number of carbonyl (C=O) groups excluding carboxylic acids is 1. The standard InChI is InChI=1S/C26H22Cl2N2O3S/c1-18-12-14-20(15-13-18)34(32,33)30(16-22-23(27)9-5-10-24(22)28)17-26(31)29-25-11-4-7-19-6-2-3-8-21(19)25/h2-15H,16-17H2,1H3,(H,29,31). The number of carbonyl (C=O) groups is 1. The maximum Gasteiger partial charge on any atom is 0.243 e. The molecule has 174 valence electrons. The Morgan fingerprint density at radius 3 is 2.18 bits per heavy atom. The van der Waals surface area contributed by atoms with Crippen LogP contribution in [0.3, 0.4) is 0 Å². The number of halogens is 2. The first-order valence-corrected chi connectivity index (χ1v) is 12.7. The predicted octanol–water partition coefficient (Wildman–Crippen LogP) is 6.28. The van der Waals surface area contributed by atoms with Gasteiger partial charge < -0.3 is 5.32 Å². The molecule has 1 N–H and O–H groups in total. The van der Waals surface area contributed by atoms with E-state index in [4.69, 9.17) is 23.2 Å². The number of fused-ring (bicyclic) bond motifs is 1. The van der Waals surface area contributed by atoms with Gasteiger partial charge in [-0.1, -0.05) is 83.4 Å². The first kappa shape index (κ1) is 24.2. The number of amides is 1. The summed E-state index contributed by atoms with van der Waals surface area (Å²) >= 11 is 12.6. The first-order chi connectivity index (χ1) is 16.3. The summed E-state index contributed by atoms with van der Waals surface area (Å²) < 4.78 is 28.1. The maximum absolute atomic E-state index is 13.5. The van der Waals surface area contributed by atoms with Crippen LogP contribution in [0.15, 0.2) is 89.8 Å². The van der Waals surface area contributed by atoms with E-state index in [2.05, 4.69) is 5.32 Å². The predicted molar refractivity (Wildman–Crippen MR) is 138 cm³/mol. The van der Waals surface area contributed by atoms with E-state index in [0.717, 1.165) is 20.6 Å². The zero-order valence-corrected chi connectivity index (χ0v) is 20.7. The highest BCUT2D eigenvalue weighted by Crippen LogP contribution is 2.29. The van der Waals surface area contributed by atoms with Crippen LogP contribution in [0.5, 0.6) is 0 Å². The molecule has 4 rings (SSSR count). The SMILES string of the molecule is Cc1ccc(S(=O)(=O)N(CC(=O)Nc2cccc3ccccc23)Cc2c(Cl)cccc2Cl)cc1. The van der Waals surface area contributed by atoms with Crippen molar-refractivity contribution < 1.29 is 13.2 Å². The van der Waals surface area contributed by atoms with E-state index in [9.17, 15) is 13.2 Å². The summed E-state index contributed by atoms with van der Waals surface area (Å²) in [6.07, 6.45) is 0. The van der Waals surface area contributed by atoms with Gasteiger partial charge in [-0.2, -0.15) is 4.31 Å². The number of nitrogens with one attached hydrogen (secondary N) is 1. The minimum absolute atomic E-state index is 0.0826. The van der Waals surface area contributed by atoms with Gasteiger partial charge in [0.25, 0.3) is 0 Å². The second-order valence-electron chi connectivity index (χ2n) is 7.86. The molecule has 1 amide bonds. The Bertz CT molecular complexity index is 1430. The number of benzene rings is 4. The molecule has 8 heteroatoms. The van der Waals surface area contributed by atoms with Gasteiger partial charge in [0.1, 0.15) is 0 Å². The Balaban J connectivity index is 1.67. The summed E-state index contributed by atoms with van der Waals surface area (Å²) in [6.45, 7) is 1.30. The van der Waals surface area contributed by atoms with Crippen molar-refractivity contribution in [3.05, 3.63) is 106 Å². The van der Waals surface area contributed by atoms with Gasteiger partial charge in [0.2, 0.25) is 15.9 Å². The molecule has 0 aliphatic heterocycles. The molecule has 0 heterocycles. The molecule has 4 aromatic rings. The van der Waals surface area contributed by atoms with Crippen molar-refractivity contribution in [1.82, 2.24) is 4.31 Å². The number of rotatable bonds is 7. The lowest BCUT2D eigenvalue weighted by atomic mass is 10.1. The average Bonchev–Trinajstić information content (AvgIpc) is 2.81. The van der Waals surface area contributed by atoms with Gasteiger partial charge in [-0.15, -0.1) is 0 Å². The van der Waals surface area contributed by atoms with Gasteiger partial charge in [-0.25, -0.2) is 8.42 Å². The molecule has 0 atom stereocenters. The maximum atomic E-state index is 13.5. The van der Waals surface area contributed by atoms with Gasteiger partial charge in [-0.3, -0.25) is 4.79 Å². The lowest BCUT2D eigenvalue weighted by molar-refractivity contribution is -0.116. The average molecular weight is 513 g/mol. The van der Waals surface area contributed by atoms with E-state index >= 15 is 0 Å². The van der Waals surface area contributed by atoms with Crippen molar-refractivity contribution in [3.8, 4) is 0 Å². The van der Waals surface area contributed by atoms with Crippen molar-refractivity contribution in [3.63, 3.8) is 0 Å². The summed E-state index contributed by atoms with van der Waals surface area (Å²) in [7, 11) is -4.02. The summed E-state index contributed by atoms with van der Waals surface area (Å²) in [6, 6.07) is 24.6. The second kappa shape index (κ2) is 10.2. The van der Waals surface area contributed by atoms with Crippen molar-refractivity contribution in [2.75, 3.05) is 11.9 Å². The van der Waals surface area contributed by atoms with E-state index in [1.165, 1.54) is 12.1 Å². The molecule has 0 radical (unpaired) electrons. The Morgan fingerprint density at radius 2 is 1.47 bits per heavy atom. The topological polar surface area (TPSA) is 66.5 Å². The van der Waals surface area contributed by atoms with Crippen LogP contribution >= 0.6 is 23.2 Å². The molecule has 4 aromatic carbocycles. The number of hydrogen-bond donors (Lipinski definition) is 1. The number of anilines is 1. The third-order valence-electron chi connectivity index (χ3n) is 5.44. The number of aryl methyl sites for hydroxylation is 1. The highest BCUT2D eigenvalue weighted by Gasteiger charge is 2.28. The Kier molecular flexibility index (Phi) is 7.24. The van der Waals surface area contributed by atoms with Crippen LogP contribution in [0.4, 0.5) is 5.69 Å². The molecule has 0 aliphatic carbocycles. The van der Waals surface area contributed by atoms with Crippen LogP contribution < -0.4 is 5.32 Å². The molecule has 0 bridgehead atoms. The van der Waals surface area contributed by atoms with Gasteiger partial charge in [0.05, 0.1) is 11.4 Å². The van der Waals surface area contributed by atoms with Crippen LogP contribution in [-0.4, -0.2) is 25.2 Å². The van der Waals surface area contributed by atoms with Gasteiger partial charge in [-0.05, 0) is 42.6 Å². The molecule has 0 unspecified atom stereocenters. The van der Waals surface area contributed by atoms with Crippen LogP contribution in [0.1, 0.15) is 11.1 Å². The minimum atomic E-state index is -4.02. The van der Waals surface area contributed by atoms with Crippen LogP contribution in [0, 0.1) is 6.92 Å². The summed E-state index contributed by atoms with van der Waals surface area (Å²) in [4.78, 5) is 13.2. The molecule has 34 heavy (non-hydrogen) atoms. The third-order valence-corrected chi connectivity index (χ3v) is 7.95. The smallest absolute Gasteiger partial charge is 0.243 e. The van der Waals surface area contributed by atoms with Crippen molar-refractivity contribution in [1.29, 1.82) is 0 Å². The highest BCUT2D eigenvalue weighted by molar-refractivity contribution is 7.89. The van der Waals surface area contributed by atoms with Gasteiger partial charge >= 0.3 is 0 Å². The van der Waals surface area contributed by atoms with Crippen LogP contribution in [0.2, 0.25) is 10.0 Å². The van der Waals surface area contributed by atoms with Crippen LogP contribution in [-0.2, 0) is 21.4 Å². The molecular weight excluding hydrogens is 491 g/mol. The number of hydrogen-bond acceptors (Lipinski definition) is 3. The van der Waals surface area contributed by atoms with Gasteiger partial charge in [0, 0.05) is 33.2 Å². The largest absolute Gasteiger partial charge is 0.324 e. The molecule has 5 nitrogen and oxygen atoms in total. The highest BCUT2D eigenvalue weighted by atomic mass is 35.5. The Labute approximate surface area is 209 Å². The zero-order chi connectivity index (χ0) is 24.3. The molecular formula is C26H22Cl2N2O3S. The first-order valence-electron chi connectivity index (χ1n) is 10.5. The van der Waals surface area contributed by atoms with Gasteiger partial charge in [0.15, 0.2) is 0 Å². The van der Waals surface area contributed by atoms with E-state index in [1.807, 2.05) is 43.3 Å². The van der Waals surface area contributed by atoms with Crippen molar-refractivity contribution in [2.24, 2.45) is 0 Å². The fourth-order valence-corrected chi connectivity index (χ4v) is 5.51. The Morgan fingerprint density at radius 1 is 0.853 bits per heavy atom. The minimum Gasteiger partial charge on any atom is -0.324 e.